The molecule has 0 spiro atoms. The molecule has 4 heteroatoms. The number of halogens is 1. The quantitative estimate of drug-likeness (QED) is 0.888. The number of anilines is 1. The van der Waals surface area contributed by atoms with Gasteiger partial charge >= 0.3 is 0 Å². The Hall–Kier alpha value is -1.03. The van der Waals surface area contributed by atoms with Crippen molar-refractivity contribution in [2.45, 2.75) is 12.8 Å². The zero-order valence-electron chi connectivity index (χ0n) is 8.37. The third-order valence-corrected chi connectivity index (χ3v) is 3.10. The minimum Gasteiger partial charge on any atom is -0.368 e. The van der Waals surface area contributed by atoms with Crippen LogP contribution in [0.2, 0.25) is 0 Å². The van der Waals surface area contributed by atoms with Crippen LogP contribution in [0.5, 0.6) is 0 Å². The predicted molar refractivity (Wildman–Crippen MR) is 63.9 cm³/mol. The van der Waals surface area contributed by atoms with Crippen LogP contribution in [0.15, 0.2) is 22.7 Å². The molecule has 0 atom stereocenters. The normalized spacial score (nSPS) is 14.9. The van der Waals surface area contributed by atoms with Gasteiger partial charge in [0.1, 0.15) is 0 Å². The number of fused-ring (bicyclic) bond motifs is 1. The van der Waals surface area contributed by atoms with Crippen LogP contribution >= 0.6 is 15.9 Å². The third-order valence-electron chi connectivity index (χ3n) is 2.60. The number of aryl methyl sites for hydroxylation is 1. The maximum atomic E-state index is 10.9. The number of carbonyl (C=O) groups excluding carboxylic acids is 1. The van der Waals surface area contributed by atoms with Crippen LogP contribution in [0, 0.1) is 0 Å². The SMILES string of the molecule is NC(=O)CN1CCCc2cc(Br)ccc21. The summed E-state index contributed by atoms with van der Waals surface area (Å²) in [5, 5.41) is 0. The van der Waals surface area contributed by atoms with Crippen molar-refractivity contribution in [2.24, 2.45) is 5.73 Å². The highest BCUT2D eigenvalue weighted by atomic mass is 79.9. The second-order valence-corrected chi connectivity index (χ2v) is 4.68. The first-order valence-electron chi connectivity index (χ1n) is 4.98. The van der Waals surface area contributed by atoms with Crippen LogP contribution in [0.4, 0.5) is 5.69 Å². The minimum absolute atomic E-state index is 0.272. The molecule has 15 heavy (non-hydrogen) atoms. The Bertz CT molecular complexity index is 392. The van der Waals surface area contributed by atoms with Gasteiger partial charge in [0.25, 0.3) is 0 Å². The van der Waals surface area contributed by atoms with Gasteiger partial charge in [-0.15, -0.1) is 0 Å². The molecule has 80 valence electrons. The number of benzene rings is 1. The molecule has 0 saturated heterocycles. The maximum absolute atomic E-state index is 10.9. The summed E-state index contributed by atoms with van der Waals surface area (Å²) >= 11 is 3.45. The first kappa shape index (κ1) is 10.5. The Morgan fingerprint density at radius 1 is 1.53 bits per heavy atom. The number of amides is 1. The Morgan fingerprint density at radius 2 is 2.33 bits per heavy atom. The monoisotopic (exact) mass is 268 g/mol. The molecule has 3 nitrogen and oxygen atoms in total. The average Bonchev–Trinajstić information content (AvgIpc) is 2.16. The smallest absolute Gasteiger partial charge is 0.236 e. The molecule has 0 bridgehead atoms. The molecule has 1 heterocycles. The number of hydrogen-bond donors (Lipinski definition) is 1. The van der Waals surface area contributed by atoms with E-state index in [1.807, 2.05) is 17.0 Å². The van der Waals surface area contributed by atoms with Crippen molar-refractivity contribution in [1.82, 2.24) is 0 Å². The highest BCUT2D eigenvalue weighted by molar-refractivity contribution is 9.10. The summed E-state index contributed by atoms with van der Waals surface area (Å²) in [6, 6.07) is 6.15. The number of hydrogen-bond acceptors (Lipinski definition) is 2. The van der Waals surface area contributed by atoms with Crippen LogP contribution in [-0.4, -0.2) is 19.0 Å². The van der Waals surface area contributed by atoms with Crippen LogP contribution in [0.1, 0.15) is 12.0 Å². The van der Waals surface area contributed by atoms with Gasteiger partial charge < -0.3 is 10.6 Å². The van der Waals surface area contributed by atoms with E-state index in [1.54, 1.807) is 0 Å². The highest BCUT2D eigenvalue weighted by Crippen LogP contribution is 2.29. The van der Waals surface area contributed by atoms with Crippen molar-refractivity contribution in [2.75, 3.05) is 18.0 Å². The molecular formula is C11H13BrN2O. The van der Waals surface area contributed by atoms with Crippen LogP contribution in [0.3, 0.4) is 0 Å². The standard InChI is InChI=1S/C11H13BrN2O/c12-9-3-4-10-8(6-9)2-1-5-14(10)7-11(13)15/h3-4,6H,1-2,5,7H2,(H2,13,15). The molecule has 0 radical (unpaired) electrons. The molecule has 2 rings (SSSR count). The fourth-order valence-corrected chi connectivity index (χ4v) is 2.40. The molecule has 0 aliphatic carbocycles. The van der Waals surface area contributed by atoms with E-state index in [1.165, 1.54) is 5.56 Å². The average molecular weight is 269 g/mol. The van der Waals surface area contributed by atoms with Gasteiger partial charge in [-0.05, 0) is 36.6 Å². The molecule has 1 aromatic carbocycles. The molecule has 1 aliphatic rings. The highest BCUT2D eigenvalue weighted by Gasteiger charge is 2.17. The lowest BCUT2D eigenvalue weighted by molar-refractivity contribution is -0.116. The zero-order valence-corrected chi connectivity index (χ0v) is 9.96. The summed E-state index contributed by atoms with van der Waals surface area (Å²) in [6.07, 6.45) is 2.15. The maximum Gasteiger partial charge on any atom is 0.236 e. The summed E-state index contributed by atoms with van der Waals surface area (Å²) in [4.78, 5) is 13.0. The topological polar surface area (TPSA) is 46.3 Å². The summed E-state index contributed by atoms with van der Waals surface area (Å²) in [6.45, 7) is 1.23. The van der Waals surface area contributed by atoms with Gasteiger partial charge in [0, 0.05) is 16.7 Å². The lowest BCUT2D eigenvalue weighted by Crippen LogP contribution is -2.37. The van der Waals surface area contributed by atoms with Gasteiger partial charge in [-0.25, -0.2) is 0 Å². The predicted octanol–water partition coefficient (Wildman–Crippen LogP) is 1.69. The number of carbonyl (C=O) groups is 1. The van der Waals surface area contributed by atoms with Gasteiger partial charge in [-0.3, -0.25) is 4.79 Å². The van der Waals surface area contributed by atoms with Crippen molar-refractivity contribution in [1.29, 1.82) is 0 Å². The molecule has 0 aromatic heterocycles. The molecule has 2 N–H and O–H groups in total. The Morgan fingerprint density at radius 3 is 3.07 bits per heavy atom. The van der Waals surface area contributed by atoms with Crippen LogP contribution in [0.25, 0.3) is 0 Å². The Labute approximate surface area is 97.4 Å². The van der Waals surface area contributed by atoms with Crippen LogP contribution in [-0.2, 0) is 11.2 Å². The number of nitrogens with zero attached hydrogens (tertiary/aromatic N) is 1. The summed E-state index contributed by atoms with van der Waals surface area (Å²) in [7, 11) is 0. The van der Waals surface area contributed by atoms with Crippen molar-refractivity contribution >= 4 is 27.5 Å². The van der Waals surface area contributed by atoms with Gasteiger partial charge in [0.05, 0.1) is 6.54 Å². The van der Waals surface area contributed by atoms with E-state index < -0.39 is 0 Å². The Kier molecular flexibility index (Phi) is 2.95. The Balaban J connectivity index is 2.30. The first-order chi connectivity index (χ1) is 7.16. The van der Waals surface area contributed by atoms with Crippen LogP contribution < -0.4 is 10.6 Å². The van der Waals surface area contributed by atoms with E-state index >= 15 is 0 Å². The van der Waals surface area contributed by atoms with Crippen molar-refractivity contribution in [3.63, 3.8) is 0 Å². The fraction of sp³-hybridized carbons (Fsp3) is 0.364. The summed E-state index contributed by atoms with van der Waals surface area (Å²) in [5.41, 5.74) is 7.65. The van der Waals surface area contributed by atoms with E-state index in [-0.39, 0.29) is 5.91 Å². The zero-order chi connectivity index (χ0) is 10.8. The lowest BCUT2D eigenvalue weighted by atomic mass is 10.0. The first-order valence-corrected chi connectivity index (χ1v) is 5.78. The van der Waals surface area contributed by atoms with Gasteiger partial charge in [0.2, 0.25) is 5.91 Å². The number of primary amides is 1. The molecule has 1 amide bonds. The number of rotatable bonds is 2. The van der Waals surface area contributed by atoms with E-state index in [0.717, 1.165) is 29.5 Å². The molecule has 0 fully saturated rings. The third kappa shape index (κ3) is 2.31. The van der Waals surface area contributed by atoms with E-state index in [0.29, 0.717) is 6.54 Å². The second-order valence-electron chi connectivity index (χ2n) is 3.76. The van der Waals surface area contributed by atoms with E-state index in [2.05, 4.69) is 22.0 Å². The molecule has 0 unspecified atom stereocenters. The van der Waals surface area contributed by atoms with Crippen molar-refractivity contribution in [3.8, 4) is 0 Å². The lowest BCUT2D eigenvalue weighted by Gasteiger charge is -2.30. The fourth-order valence-electron chi connectivity index (χ4n) is 2.00. The molecular weight excluding hydrogens is 256 g/mol. The largest absolute Gasteiger partial charge is 0.368 e. The van der Waals surface area contributed by atoms with Gasteiger partial charge in [0.15, 0.2) is 0 Å². The van der Waals surface area contributed by atoms with E-state index in [9.17, 15) is 4.79 Å². The van der Waals surface area contributed by atoms with Crippen molar-refractivity contribution < 1.29 is 4.79 Å². The molecule has 0 saturated carbocycles. The molecule has 1 aliphatic heterocycles. The van der Waals surface area contributed by atoms with Gasteiger partial charge in [-0.1, -0.05) is 15.9 Å². The minimum atomic E-state index is -0.272. The van der Waals surface area contributed by atoms with Gasteiger partial charge in [-0.2, -0.15) is 0 Å². The summed E-state index contributed by atoms with van der Waals surface area (Å²) < 4.78 is 1.09. The second kappa shape index (κ2) is 4.23. The van der Waals surface area contributed by atoms with Crippen molar-refractivity contribution in [3.05, 3.63) is 28.2 Å². The van der Waals surface area contributed by atoms with E-state index in [4.69, 9.17) is 5.73 Å². The molecule has 1 aromatic rings. The number of nitrogens with two attached hydrogens (primary N) is 1. The summed E-state index contributed by atoms with van der Waals surface area (Å²) in [5.74, 6) is -0.272.